The van der Waals surface area contributed by atoms with Crippen LogP contribution >= 0.6 is 24.0 Å². The van der Waals surface area contributed by atoms with Crippen molar-refractivity contribution in [3.63, 3.8) is 0 Å². The molecule has 3 N–H and O–H groups in total. The number of benzene rings is 1. The van der Waals surface area contributed by atoms with Crippen LogP contribution in [0.2, 0.25) is 0 Å². The molecule has 0 amide bonds. The quantitative estimate of drug-likeness (QED) is 0.436. The number of aliphatic imine (C=N–C) groups is 1. The van der Waals surface area contributed by atoms with E-state index in [0.717, 1.165) is 24.1 Å². The molecule has 0 bridgehead atoms. The van der Waals surface area contributed by atoms with Crippen LogP contribution in [0.15, 0.2) is 41.5 Å². The second-order valence-corrected chi connectivity index (χ2v) is 5.68. The van der Waals surface area contributed by atoms with Crippen LogP contribution in [-0.2, 0) is 19.4 Å². The lowest BCUT2D eigenvalue weighted by Gasteiger charge is -2.19. The third-order valence-electron chi connectivity index (χ3n) is 4.10. The highest BCUT2D eigenvalue weighted by atomic mass is 127. The van der Waals surface area contributed by atoms with Gasteiger partial charge in [-0.1, -0.05) is 12.1 Å². The monoisotopic (exact) mass is 438 g/mol. The van der Waals surface area contributed by atoms with Gasteiger partial charge in [-0.05, 0) is 54.5 Å². The molecule has 0 aliphatic heterocycles. The number of guanidine groups is 1. The highest BCUT2D eigenvalue weighted by Gasteiger charge is 2.13. The van der Waals surface area contributed by atoms with E-state index >= 15 is 0 Å². The predicted molar refractivity (Wildman–Crippen MR) is 108 cm³/mol. The molecule has 1 aliphatic carbocycles. The van der Waals surface area contributed by atoms with Gasteiger partial charge in [0.05, 0.1) is 13.7 Å². The van der Waals surface area contributed by atoms with Crippen LogP contribution in [0, 0.1) is 0 Å². The van der Waals surface area contributed by atoms with Crippen molar-refractivity contribution in [1.29, 1.82) is 0 Å². The first-order valence-corrected chi connectivity index (χ1v) is 7.93. The number of nitrogens with two attached hydrogens (primary N) is 1. The first-order valence-electron chi connectivity index (χ1n) is 7.93. The zero-order valence-electron chi connectivity index (χ0n) is 13.8. The van der Waals surface area contributed by atoms with Gasteiger partial charge in [0, 0.05) is 18.0 Å². The van der Waals surface area contributed by atoms with Crippen LogP contribution in [0.5, 0.6) is 5.88 Å². The lowest BCUT2D eigenvalue weighted by Crippen LogP contribution is -2.24. The van der Waals surface area contributed by atoms with Crippen LogP contribution in [0.4, 0.5) is 5.69 Å². The number of methoxy groups -OCH3 is 1. The van der Waals surface area contributed by atoms with Crippen molar-refractivity contribution in [2.75, 3.05) is 12.4 Å². The first kappa shape index (κ1) is 18.5. The average Bonchev–Trinajstić information content (AvgIpc) is 2.60. The minimum absolute atomic E-state index is 0. The third kappa shape index (κ3) is 4.59. The van der Waals surface area contributed by atoms with E-state index in [0.29, 0.717) is 18.4 Å². The van der Waals surface area contributed by atoms with E-state index < -0.39 is 0 Å². The Bertz CT molecular complexity index is 718. The number of aromatic nitrogens is 1. The average molecular weight is 438 g/mol. The Labute approximate surface area is 159 Å². The molecule has 0 saturated heterocycles. The fourth-order valence-corrected chi connectivity index (χ4v) is 2.91. The topological polar surface area (TPSA) is 72.5 Å². The Balaban J connectivity index is 0.00000208. The van der Waals surface area contributed by atoms with Crippen molar-refractivity contribution >= 4 is 35.6 Å². The number of hydrogen-bond donors (Lipinski definition) is 2. The van der Waals surface area contributed by atoms with Gasteiger partial charge in [-0.2, -0.15) is 0 Å². The van der Waals surface area contributed by atoms with Gasteiger partial charge < -0.3 is 15.8 Å². The van der Waals surface area contributed by atoms with Crippen molar-refractivity contribution in [1.82, 2.24) is 4.98 Å². The van der Waals surface area contributed by atoms with Crippen LogP contribution in [-0.4, -0.2) is 18.1 Å². The lowest BCUT2D eigenvalue weighted by atomic mass is 9.90. The van der Waals surface area contributed by atoms with E-state index in [1.165, 1.54) is 24.0 Å². The molecule has 0 saturated carbocycles. The highest BCUT2D eigenvalue weighted by molar-refractivity contribution is 14.0. The molecule has 24 heavy (non-hydrogen) atoms. The van der Waals surface area contributed by atoms with E-state index in [2.05, 4.69) is 33.5 Å². The van der Waals surface area contributed by atoms with Gasteiger partial charge in [0.25, 0.3) is 0 Å². The van der Waals surface area contributed by atoms with Gasteiger partial charge in [-0.15, -0.1) is 24.0 Å². The maximum absolute atomic E-state index is 6.05. The minimum Gasteiger partial charge on any atom is -0.481 e. The summed E-state index contributed by atoms with van der Waals surface area (Å²) in [6, 6.07) is 10.1. The molecular weight excluding hydrogens is 415 g/mol. The summed E-state index contributed by atoms with van der Waals surface area (Å²) < 4.78 is 5.11. The highest BCUT2D eigenvalue weighted by Crippen LogP contribution is 2.27. The number of nitrogens with one attached hydrogen (secondary N) is 1. The predicted octanol–water partition coefficient (Wildman–Crippen LogP) is 3.51. The van der Waals surface area contributed by atoms with E-state index in [-0.39, 0.29) is 24.0 Å². The number of ether oxygens (including phenoxy) is 1. The molecule has 0 atom stereocenters. The molecular formula is C18H23IN4O. The van der Waals surface area contributed by atoms with Gasteiger partial charge in [0.15, 0.2) is 5.96 Å². The second-order valence-electron chi connectivity index (χ2n) is 5.68. The molecule has 0 fully saturated rings. The van der Waals surface area contributed by atoms with Crippen LogP contribution < -0.4 is 15.8 Å². The van der Waals surface area contributed by atoms with E-state index in [1.807, 2.05) is 12.1 Å². The number of nitrogens with zero attached hydrogens (tertiary/aromatic N) is 2. The second kappa shape index (κ2) is 8.86. The molecule has 0 spiro atoms. The summed E-state index contributed by atoms with van der Waals surface area (Å²) in [6.07, 6.45) is 6.47. The van der Waals surface area contributed by atoms with E-state index in [1.54, 1.807) is 13.3 Å². The molecule has 6 heteroatoms. The number of fused-ring (bicyclic) bond motifs is 1. The summed E-state index contributed by atoms with van der Waals surface area (Å²) in [4.78, 5) is 8.50. The fraction of sp³-hybridized carbons (Fsp3) is 0.333. The molecule has 128 valence electrons. The Hall–Kier alpha value is -1.83. The Kier molecular flexibility index (Phi) is 6.84. The molecule has 1 aliphatic rings. The summed E-state index contributed by atoms with van der Waals surface area (Å²) >= 11 is 0. The molecule has 0 unspecified atom stereocenters. The number of rotatable bonds is 4. The van der Waals surface area contributed by atoms with Crippen molar-refractivity contribution in [3.8, 4) is 5.88 Å². The zero-order chi connectivity index (χ0) is 16.1. The minimum atomic E-state index is 0. The number of aryl methyl sites for hydroxylation is 1. The molecule has 5 nitrogen and oxygen atoms in total. The van der Waals surface area contributed by atoms with E-state index in [9.17, 15) is 0 Å². The van der Waals surface area contributed by atoms with Crippen molar-refractivity contribution in [3.05, 3.63) is 53.2 Å². The molecule has 0 radical (unpaired) electrons. The van der Waals surface area contributed by atoms with Gasteiger partial charge >= 0.3 is 0 Å². The van der Waals surface area contributed by atoms with Gasteiger partial charge in [-0.3, -0.25) is 0 Å². The zero-order valence-corrected chi connectivity index (χ0v) is 16.1. The smallest absolute Gasteiger partial charge is 0.213 e. The van der Waals surface area contributed by atoms with Crippen molar-refractivity contribution in [2.45, 2.75) is 32.2 Å². The first-order chi connectivity index (χ1) is 11.3. The molecule has 2 aromatic rings. The Morgan fingerprint density at radius 2 is 2.12 bits per heavy atom. The maximum atomic E-state index is 6.05. The van der Waals surface area contributed by atoms with Crippen LogP contribution in [0.3, 0.4) is 0 Å². The molecule has 1 aromatic heterocycles. The maximum Gasteiger partial charge on any atom is 0.213 e. The van der Waals surface area contributed by atoms with Crippen molar-refractivity contribution < 1.29 is 4.74 Å². The summed E-state index contributed by atoms with van der Waals surface area (Å²) in [5, 5.41) is 3.25. The van der Waals surface area contributed by atoms with Crippen LogP contribution in [0.25, 0.3) is 0 Å². The number of hydrogen-bond acceptors (Lipinski definition) is 3. The lowest BCUT2D eigenvalue weighted by molar-refractivity contribution is 0.397. The van der Waals surface area contributed by atoms with Gasteiger partial charge in [0.2, 0.25) is 5.88 Å². The summed E-state index contributed by atoms with van der Waals surface area (Å²) in [6.45, 7) is 0.493. The molecule has 3 rings (SSSR count). The van der Waals surface area contributed by atoms with Gasteiger partial charge in [-0.25, -0.2) is 9.98 Å². The Morgan fingerprint density at radius 3 is 2.96 bits per heavy atom. The standard InChI is InChI=1S/C18H22N4O.HI/c1-23-17-11-13(9-10-20-17)12-21-18(19)22-16-8-4-6-14-5-2-3-7-15(14)16;/h4,6,8-11H,2-3,5,7,12H2,1H3,(H3,19,21,22);1H. The Morgan fingerprint density at radius 1 is 1.29 bits per heavy atom. The summed E-state index contributed by atoms with van der Waals surface area (Å²) in [7, 11) is 1.60. The number of anilines is 1. The van der Waals surface area contributed by atoms with Crippen LogP contribution in [0.1, 0.15) is 29.5 Å². The SMILES string of the molecule is COc1cc(CN=C(N)Nc2cccc3c2CCCC3)ccn1.I. The van der Waals surface area contributed by atoms with Crippen molar-refractivity contribution in [2.24, 2.45) is 10.7 Å². The summed E-state index contributed by atoms with van der Waals surface area (Å²) in [5.74, 6) is 1.01. The number of pyridine rings is 1. The molecule has 1 aromatic carbocycles. The van der Waals surface area contributed by atoms with Gasteiger partial charge in [0.1, 0.15) is 0 Å². The third-order valence-corrected chi connectivity index (χ3v) is 4.10. The number of halogens is 1. The van der Waals surface area contributed by atoms with E-state index in [4.69, 9.17) is 10.5 Å². The molecule has 1 heterocycles. The largest absolute Gasteiger partial charge is 0.481 e. The summed E-state index contributed by atoms with van der Waals surface area (Å²) in [5.41, 5.74) is 10.9. The fourth-order valence-electron chi connectivity index (χ4n) is 2.91. The normalized spacial score (nSPS) is 13.6.